The number of hydrogen-bond donors (Lipinski definition) is 0. The number of nitrogens with zero attached hydrogens (tertiary/aromatic N) is 7. The Bertz CT molecular complexity index is 1750. The van der Waals surface area contributed by atoms with Crippen molar-refractivity contribution in [2.75, 3.05) is 0 Å². The van der Waals surface area contributed by atoms with E-state index in [2.05, 4.69) is 9.97 Å². The van der Waals surface area contributed by atoms with Gasteiger partial charge >= 0.3 is 0 Å². The number of fused-ring (bicyclic) bond motifs is 4. The van der Waals surface area contributed by atoms with E-state index in [-0.39, 0.29) is 5.92 Å². The Balaban J connectivity index is 1.49. The van der Waals surface area contributed by atoms with Gasteiger partial charge in [-0.2, -0.15) is 5.10 Å². The van der Waals surface area contributed by atoms with E-state index >= 15 is 0 Å². The largest absolute Gasteiger partial charge is 0.420 e. The molecule has 36 heavy (non-hydrogen) atoms. The normalized spacial score (nSPS) is 14.3. The maximum atomic E-state index is 6.44. The molecule has 4 aromatic heterocycles. The summed E-state index contributed by atoms with van der Waals surface area (Å²) in [5.41, 5.74) is 5.96. The molecule has 7 rings (SSSR count). The van der Waals surface area contributed by atoms with Gasteiger partial charge in [0.15, 0.2) is 11.5 Å². The van der Waals surface area contributed by atoms with E-state index < -0.39 is 0 Å². The van der Waals surface area contributed by atoms with Crippen LogP contribution >= 0.6 is 11.6 Å². The monoisotopic (exact) mass is 491 g/mol. The Morgan fingerprint density at radius 3 is 2.64 bits per heavy atom. The number of benzene rings is 2. The molecule has 174 valence electrons. The second kappa shape index (κ2) is 8.00. The van der Waals surface area contributed by atoms with Gasteiger partial charge in [-0.3, -0.25) is 4.98 Å². The molecule has 6 aromatic rings. The lowest BCUT2D eigenvalue weighted by Gasteiger charge is -2.26. The number of hydrogen-bond acceptors (Lipinski definition) is 6. The van der Waals surface area contributed by atoms with Crippen LogP contribution < -0.4 is 4.74 Å². The Morgan fingerprint density at radius 1 is 0.944 bits per heavy atom. The molecule has 1 aliphatic heterocycles. The van der Waals surface area contributed by atoms with Crippen LogP contribution in [0.3, 0.4) is 0 Å². The second-order valence-corrected chi connectivity index (χ2v) is 8.99. The molecule has 1 unspecified atom stereocenters. The highest BCUT2D eigenvalue weighted by Gasteiger charge is 2.38. The number of aryl methyl sites for hydroxylation is 1. The average Bonchev–Trinajstić information content (AvgIpc) is 3.50. The van der Waals surface area contributed by atoms with Crippen LogP contribution in [0.15, 0.2) is 85.5 Å². The number of aromatic nitrogens is 7. The Kier molecular flexibility index (Phi) is 4.62. The summed E-state index contributed by atoms with van der Waals surface area (Å²) >= 11 is 6.29. The van der Waals surface area contributed by atoms with E-state index in [0.29, 0.717) is 28.3 Å². The molecule has 0 spiro atoms. The number of halogens is 1. The lowest BCUT2D eigenvalue weighted by atomic mass is 9.85. The number of pyridine rings is 1. The maximum Gasteiger partial charge on any atom is 0.230 e. The van der Waals surface area contributed by atoms with Crippen LogP contribution in [-0.2, 0) is 0 Å². The van der Waals surface area contributed by atoms with Crippen LogP contribution in [0.1, 0.15) is 28.3 Å². The first kappa shape index (κ1) is 20.8. The fourth-order valence-electron chi connectivity index (χ4n) is 4.75. The molecule has 0 saturated carbocycles. The zero-order chi connectivity index (χ0) is 24.2. The smallest absolute Gasteiger partial charge is 0.230 e. The molecule has 1 aliphatic rings. The van der Waals surface area contributed by atoms with Crippen LogP contribution in [0.4, 0.5) is 0 Å². The topological polar surface area (TPSA) is 83.0 Å². The predicted octanol–water partition coefficient (Wildman–Crippen LogP) is 5.62. The zero-order valence-electron chi connectivity index (χ0n) is 19.1. The lowest BCUT2D eigenvalue weighted by Crippen LogP contribution is -2.16. The Morgan fingerprint density at radius 2 is 1.83 bits per heavy atom. The van der Waals surface area contributed by atoms with Crippen LogP contribution in [-0.4, -0.2) is 34.3 Å². The van der Waals surface area contributed by atoms with Crippen LogP contribution in [0.2, 0.25) is 5.02 Å². The van der Waals surface area contributed by atoms with Crippen molar-refractivity contribution in [3.8, 4) is 28.8 Å². The van der Waals surface area contributed by atoms with E-state index in [4.69, 9.17) is 31.5 Å². The molecule has 1 atom stereocenters. The van der Waals surface area contributed by atoms with Crippen molar-refractivity contribution in [2.45, 2.75) is 12.8 Å². The minimum Gasteiger partial charge on any atom is -0.420 e. The van der Waals surface area contributed by atoms with Gasteiger partial charge in [0, 0.05) is 23.0 Å². The summed E-state index contributed by atoms with van der Waals surface area (Å²) in [7, 11) is 0. The van der Waals surface area contributed by atoms with Crippen molar-refractivity contribution in [3.63, 3.8) is 0 Å². The maximum absolute atomic E-state index is 6.44. The molecule has 0 fully saturated rings. The van der Waals surface area contributed by atoms with Crippen LogP contribution in [0, 0.1) is 6.92 Å². The molecule has 0 amide bonds. The Hall–Kier alpha value is -4.56. The third-order valence-corrected chi connectivity index (χ3v) is 6.56. The van der Waals surface area contributed by atoms with Crippen molar-refractivity contribution >= 4 is 17.2 Å². The summed E-state index contributed by atoms with van der Waals surface area (Å²) in [6.45, 7) is 1.98. The first-order chi connectivity index (χ1) is 17.7. The van der Waals surface area contributed by atoms with Gasteiger partial charge < -0.3 is 4.74 Å². The SMILES string of the molecule is Cc1nn(-c2cccc(Cl)c2)c2c1C(c1cccnc1)c1c(ncn3nc(-c4ccccc4)nc13)O2. The third-order valence-electron chi connectivity index (χ3n) is 6.32. The lowest BCUT2D eigenvalue weighted by molar-refractivity contribution is 0.402. The highest BCUT2D eigenvalue weighted by molar-refractivity contribution is 6.30. The first-order valence-electron chi connectivity index (χ1n) is 11.4. The number of rotatable bonds is 3. The van der Waals surface area contributed by atoms with E-state index in [1.807, 2.05) is 79.9 Å². The molecular formula is C27H18ClN7O. The molecule has 0 bridgehead atoms. The van der Waals surface area contributed by atoms with Gasteiger partial charge in [-0.25, -0.2) is 19.2 Å². The molecule has 2 aromatic carbocycles. The highest BCUT2D eigenvalue weighted by Crippen LogP contribution is 2.49. The van der Waals surface area contributed by atoms with Gasteiger partial charge in [0.2, 0.25) is 11.8 Å². The van der Waals surface area contributed by atoms with Crippen molar-refractivity contribution in [2.24, 2.45) is 0 Å². The van der Waals surface area contributed by atoms with E-state index in [1.165, 1.54) is 0 Å². The molecule has 0 radical (unpaired) electrons. The summed E-state index contributed by atoms with van der Waals surface area (Å²) in [5.74, 6) is 1.41. The summed E-state index contributed by atoms with van der Waals surface area (Å²) in [6.07, 6.45) is 5.25. The Labute approximate surface area is 210 Å². The fraction of sp³-hybridized carbons (Fsp3) is 0.0741. The van der Waals surface area contributed by atoms with Gasteiger partial charge in [-0.1, -0.05) is 54.1 Å². The van der Waals surface area contributed by atoms with Crippen molar-refractivity contribution < 1.29 is 4.74 Å². The molecule has 9 heteroatoms. The van der Waals surface area contributed by atoms with Gasteiger partial charge in [-0.15, -0.1) is 5.10 Å². The van der Waals surface area contributed by atoms with Crippen molar-refractivity contribution in [3.05, 3.63) is 113 Å². The summed E-state index contributed by atoms with van der Waals surface area (Å²) < 4.78 is 9.92. The van der Waals surface area contributed by atoms with Crippen LogP contribution in [0.5, 0.6) is 11.8 Å². The molecule has 0 N–H and O–H groups in total. The minimum atomic E-state index is -0.255. The van der Waals surface area contributed by atoms with Crippen LogP contribution in [0.25, 0.3) is 22.7 Å². The summed E-state index contributed by atoms with van der Waals surface area (Å²) in [6, 6.07) is 21.4. The van der Waals surface area contributed by atoms with Gasteiger partial charge in [0.25, 0.3) is 0 Å². The van der Waals surface area contributed by atoms with Crippen molar-refractivity contribution in [1.29, 1.82) is 0 Å². The molecule has 0 aliphatic carbocycles. The third kappa shape index (κ3) is 3.19. The molecular weight excluding hydrogens is 474 g/mol. The number of ether oxygens (including phenoxy) is 1. The first-order valence-corrected chi connectivity index (χ1v) is 11.8. The predicted molar refractivity (Wildman–Crippen MR) is 135 cm³/mol. The fourth-order valence-corrected chi connectivity index (χ4v) is 4.94. The molecule has 5 heterocycles. The quantitative estimate of drug-likeness (QED) is 0.319. The average molecular weight is 492 g/mol. The summed E-state index contributed by atoms with van der Waals surface area (Å²) in [4.78, 5) is 14.0. The highest BCUT2D eigenvalue weighted by atomic mass is 35.5. The second-order valence-electron chi connectivity index (χ2n) is 8.55. The standard InChI is InChI=1S/C27H18ClN7O/c1-16-21-22(18-9-6-12-29-14-18)23-25-31-24(17-7-3-2-4-8-17)33-34(25)15-30-26(23)36-27(21)35(32-16)20-11-5-10-19(28)13-20/h2-15,22H,1H3. The van der Waals surface area contributed by atoms with E-state index in [0.717, 1.165) is 33.6 Å². The van der Waals surface area contributed by atoms with Gasteiger partial charge in [-0.05, 0) is 36.8 Å². The molecule has 0 saturated heterocycles. The van der Waals surface area contributed by atoms with Gasteiger partial charge in [0.1, 0.15) is 6.33 Å². The summed E-state index contributed by atoms with van der Waals surface area (Å²) in [5, 5.41) is 10.2. The molecule has 8 nitrogen and oxygen atoms in total. The van der Waals surface area contributed by atoms with E-state index in [9.17, 15) is 0 Å². The van der Waals surface area contributed by atoms with Crippen molar-refractivity contribution in [1.82, 2.24) is 34.3 Å². The van der Waals surface area contributed by atoms with Gasteiger partial charge in [0.05, 0.1) is 28.4 Å². The van der Waals surface area contributed by atoms with E-state index in [1.54, 1.807) is 21.7 Å². The zero-order valence-corrected chi connectivity index (χ0v) is 19.8. The minimum absolute atomic E-state index is 0.255.